The summed E-state index contributed by atoms with van der Waals surface area (Å²) in [4.78, 5) is 8.90. The van der Waals surface area contributed by atoms with Crippen LogP contribution in [0, 0.1) is 12.7 Å². The van der Waals surface area contributed by atoms with Crippen LogP contribution in [-0.4, -0.2) is 9.97 Å². The lowest BCUT2D eigenvalue weighted by atomic mass is 10.1. The van der Waals surface area contributed by atoms with Gasteiger partial charge in [-0.1, -0.05) is 31.2 Å². The summed E-state index contributed by atoms with van der Waals surface area (Å²) in [6.07, 6.45) is 1.02. The zero-order valence-electron chi connectivity index (χ0n) is 14.4. The van der Waals surface area contributed by atoms with Crippen LogP contribution in [0.15, 0.2) is 54.6 Å². The van der Waals surface area contributed by atoms with Gasteiger partial charge < -0.3 is 10.6 Å². The Morgan fingerprint density at radius 1 is 0.920 bits per heavy atom. The molecule has 0 bridgehead atoms. The molecule has 0 saturated carbocycles. The van der Waals surface area contributed by atoms with E-state index >= 15 is 0 Å². The Morgan fingerprint density at radius 2 is 1.60 bits per heavy atom. The molecule has 0 unspecified atom stereocenters. The fraction of sp³-hybridized carbons (Fsp3) is 0.200. The smallest absolute Gasteiger partial charge is 0.225 e. The first-order valence-corrected chi connectivity index (χ1v) is 8.32. The molecule has 4 nitrogen and oxygen atoms in total. The predicted molar refractivity (Wildman–Crippen MR) is 99.6 cm³/mol. The van der Waals surface area contributed by atoms with Gasteiger partial charge in [0, 0.05) is 24.0 Å². The molecule has 0 aliphatic carbocycles. The van der Waals surface area contributed by atoms with Crippen LogP contribution in [0.5, 0.6) is 0 Å². The van der Waals surface area contributed by atoms with Gasteiger partial charge in [0.05, 0.1) is 0 Å². The van der Waals surface area contributed by atoms with Crippen LogP contribution >= 0.6 is 0 Å². The Kier molecular flexibility index (Phi) is 5.23. The Bertz CT molecular complexity index is 829. The Hall–Kier alpha value is -2.95. The van der Waals surface area contributed by atoms with E-state index in [1.165, 1.54) is 17.7 Å². The van der Waals surface area contributed by atoms with E-state index in [-0.39, 0.29) is 5.82 Å². The minimum Gasteiger partial charge on any atom is -0.350 e. The van der Waals surface area contributed by atoms with Crippen LogP contribution < -0.4 is 10.6 Å². The minimum atomic E-state index is -0.240. The summed E-state index contributed by atoms with van der Waals surface area (Å²) in [5.74, 6) is 1.03. The minimum absolute atomic E-state index is 0.240. The third-order valence-electron chi connectivity index (χ3n) is 3.85. The number of rotatable bonds is 6. The third-order valence-corrected chi connectivity index (χ3v) is 3.85. The van der Waals surface area contributed by atoms with Crippen LogP contribution in [-0.2, 0) is 13.0 Å². The predicted octanol–water partition coefficient (Wildman–Crippen LogP) is 4.84. The molecular weight excluding hydrogens is 315 g/mol. The number of aryl methyl sites for hydroxylation is 2. The van der Waals surface area contributed by atoms with Gasteiger partial charge in [-0.3, -0.25) is 0 Å². The summed E-state index contributed by atoms with van der Waals surface area (Å²) in [7, 11) is 0. The molecule has 0 amide bonds. The first-order chi connectivity index (χ1) is 12.1. The highest BCUT2D eigenvalue weighted by molar-refractivity contribution is 5.58. The van der Waals surface area contributed by atoms with Crippen molar-refractivity contribution < 1.29 is 4.39 Å². The van der Waals surface area contributed by atoms with Crippen LogP contribution in [0.4, 0.5) is 21.8 Å². The van der Waals surface area contributed by atoms with Crippen molar-refractivity contribution in [2.24, 2.45) is 0 Å². The lowest BCUT2D eigenvalue weighted by Crippen LogP contribution is -2.06. The molecule has 5 heteroatoms. The van der Waals surface area contributed by atoms with E-state index in [4.69, 9.17) is 0 Å². The monoisotopic (exact) mass is 336 g/mol. The van der Waals surface area contributed by atoms with E-state index in [0.29, 0.717) is 12.5 Å². The number of nitrogens with one attached hydrogen (secondary N) is 2. The van der Waals surface area contributed by atoms with E-state index in [0.717, 1.165) is 29.2 Å². The summed E-state index contributed by atoms with van der Waals surface area (Å²) in [6, 6.07) is 16.6. The SMILES string of the molecule is CCc1ccc(Nc2cc(C)nc(NCc3ccc(F)cc3)n2)cc1. The number of aromatic nitrogens is 2. The number of anilines is 3. The average molecular weight is 336 g/mol. The van der Waals surface area contributed by atoms with Crippen molar-refractivity contribution in [2.45, 2.75) is 26.8 Å². The van der Waals surface area contributed by atoms with Gasteiger partial charge >= 0.3 is 0 Å². The maximum Gasteiger partial charge on any atom is 0.225 e. The maximum absolute atomic E-state index is 13.0. The van der Waals surface area contributed by atoms with Crippen LogP contribution in [0.2, 0.25) is 0 Å². The molecule has 1 heterocycles. The second-order valence-corrected chi connectivity index (χ2v) is 5.87. The van der Waals surface area contributed by atoms with Gasteiger partial charge in [0.25, 0.3) is 0 Å². The van der Waals surface area contributed by atoms with Crippen molar-refractivity contribution in [3.63, 3.8) is 0 Å². The second-order valence-electron chi connectivity index (χ2n) is 5.87. The molecule has 25 heavy (non-hydrogen) atoms. The fourth-order valence-electron chi connectivity index (χ4n) is 2.47. The van der Waals surface area contributed by atoms with Crippen molar-refractivity contribution in [2.75, 3.05) is 10.6 Å². The van der Waals surface area contributed by atoms with Crippen molar-refractivity contribution in [1.29, 1.82) is 0 Å². The van der Waals surface area contributed by atoms with Crippen molar-refractivity contribution >= 4 is 17.5 Å². The zero-order valence-corrected chi connectivity index (χ0v) is 14.4. The maximum atomic E-state index is 13.0. The number of nitrogens with zero attached hydrogens (tertiary/aromatic N) is 2. The molecule has 3 aromatic rings. The molecule has 1 aromatic heterocycles. The zero-order chi connectivity index (χ0) is 17.6. The Balaban J connectivity index is 1.69. The molecule has 0 aliphatic rings. The van der Waals surface area contributed by atoms with E-state index in [2.05, 4.69) is 39.7 Å². The van der Waals surface area contributed by atoms with Gasteiger partial charge in [-0.05, 0) is 48.7 Å². The average Bonchev–Trinajstić information content (AvgIpc) is 2.61. The normalized spacial score (nSPS) is 10.5. The summed E-state index contributed by atoms with van der Waals surface area (Å²) in [6.45, 7) is 4.60. The lowest BCUT2D eigenvalue weighted by Gasteiger charge is -2.10. The highest BCUT2D eigenvalue weighted by Gasteiger charge is 2.04. The highest BCUT2D eigenvalue weighted by atomic mass is 19.1. The molecule has 0 atom stereocenters. The van der Waals surface area contributed by atoms with Crippen LogP contribution in [0.1, 0.15) is 23.7 Å². The van der Waals surface area contributed by atoms with E-state index in [1.54, 1.807) is 12.1 Å². The molecule has 0 saturated heterocycles. The van der Waals surface area contributed by atoms with Crippen molar-refractivity contribution in [3.8, 4) is 0 Å². The van der Waals surface area contributed by atoms with Crippen molar-refractivity contribution in [3.05, 3.63) is 77.2 Å². The van der Waals surface area contributed by atoms with Crippen LogP contribution in [0.25, 0.3) is 0 Å². The molecule has 0 aliphatic heterocycles. The van der Waals surface area contributed by atoms with E-state index in [9.17, 15) is 4.39 Å². The second kappa shape index (κ2) is 7.75. The third kappa shape index (κ3) is 4.76. The molecule has 0 fully saturated rings. The molecule has 2 aromatic carbocycles. The first-order valence-electron chi connectivity index (χ1n) is 8.32. The number of hydrogen-bond acceptors (Lipinski definition) is 4. The van der Waals surface area contributed by atoms with Gasteiger partial charge in [-0.25, -0.2) is 9.37 Å². The van der Waals surface area contributed by atoms with Gasteiger partial charge in [-0.15, -0.1) is 0 Å². The molecule has 0 spiro atoms. The number of halogens is 1. The van der Waals surface area contributed by atoms with Gasteiger partial charge in [-0.2, -0.15) is 4.98 Å². The molecule has 2 N–H and O–H groups in total. The van der Waals surface area contributed by atoms with Gasteiger partial charge in [0.2, 0.25) is 5.95 Å². The molecule has 0 radical (unpaired) electrons. The van der Waals surface area contributed by atoms with E-state index < -0.39 is 0 Å². The highest BCUT2D eigenvalue weighted by Crippen LogP contribution is 2.18. The van der Waals surface area contributed by atoms with Gasteiger partial charge in [0.1, 0.15) is 11.6 Å². The summed E-state index contributed by atoms with van der Waals surface area (Å²) in [5.41, 5.74) is 4.12. The topological polar surface area (TPSA) is 49.8 Å². The first kappa shape index (κ1) is 16.9. The Labute approximate surface area is 147 Å². The summed E-state index contributed by atoms with van der Waals surface area (Å²) in [5, 5.41) is 6.48. The fourth-order valence-corrected chi connectivity index (χ4v) is 2.47. The Morgan fingerprint density at radius 3 is 2.28 bits per heavy atom. The number of hydrogen-bond donors (Lipinski definition) is 2. The summed E-state index contributed by atoms with van der Waals surface area (Å²) < 4.78 is 13.0. The molecule has 3 rings (SSSR count). The van der Waals surface area contributed by atoms with Crippen molar-refractivity contribution in [1.82, 2.24) is 9.97 Å². The van der Waals surface area contributed by atoms with Crippen LogP contribution in [0.3, 0.4) is 0 Å². The molecular formula is C20H21FN4. The number of benzene rings is 2. The summed E-state index contributed by atoms with van der Waals surface area (Å²) >= 11 is 0. The largest absolute Gasteiger partial charge is 0.350 e. The standard InChI is InChI=1S/C20H21FN4/c1-3-15-6-10-18(11-7-15)24-19-12-14(2)23-20(25-19)22-13-16-4-8-17(21)9-5-16/h4-12H,3,13H2,1-2H3,(H2,22,23,24,25). The van der Waals surface area contributed by atoms with E-state index in [1.807, 2.05) is 25.1 Å². The lowest BCUT2D eigenvalue weighted by molar-refractivity contribution is 0.627. The quantitative estimate of drug-likeness (QED) is 0.676. The van der Waals surface area contributed by atoms with Gasteiger partial charge in [0.15, 0.2) is 0 Å². The molecule has 128 valence electrons.